The van der Waals surface area contributed by atoms with Crippen molar-refractivity contribution in [3.63, 3.8) is 0 Å². The second-order valence-corrected chi connectivity index (χ2v) is 6.71. The molecule has 0 N–H and O–H groups in total. The Morgan fingerprint density at radius 1 is 1.17 bits per heavy atom. The van der Waals surface area contributed by atoms with Gasteiger partial charge in [-0.1, -0.05) is 35.5 Å². The molecule has 3 rings (SSSR count). The van der Waals surface area contributed by atoms with E-state index in [0.29, 0.717) is 26.1 Å². The van der Waals surface area contributed by atoms with Crippen LogP contribution >= 0.6 is 0 Å². The standard InChI is InChI=1S/C23H27NO5/c1-4-27-22(23(25)28-5-2)14-16-7-6-8-18(13-16)20-15-21(29-24-20)17-9-11-19(26-3)12-10-17/h6-13,21-22H,4-5,14-15H2,1-3H3. The van der Waals surface area contributed by atoms with Gasteiger partial charge in [-0.3, -0.25) is 0 Å². The number of hydrogen-bond acceptors (Lipinski definition) is 6. The number of carbonyl (C=O) groups is 1. The summed E-state index contributed by atoms with van der Waals surface area (Å²) in [5, 5.41) is 4.29. The van der Waals surface area contributed by atoms with Crippen molar-refractivity contribution in [2.24, 2.45) is 5.16 Å². The van der Waals surface area contributed by atoms with Gasteiger partial charge in [0.25, 0.3) is 0 Å². The molecule has 1 aliphatic heterocycles. The van der Waals surface area contributed by atoms with Gasteiger partial charge in [0.1, 0.15) is 5.75 Å². The van der Waals surface area contributed by atoms with Crippen molar-refractivity contribution in [2.75, 3.05) is 20.3 Å². The van der Waals surface area contributed by atoms with Gasteiger partial charge in [0.15, 0.2) is 12.2 Å². The number of methoxy groups -OCH3 is 1. The van der Waals surface area contributed by atoms with Crippen LogP contribution in [0.4, 0.5) is 0 Å². The molecule has 0 radical (unpaired) electrons. The van der Waals surface area contributed by atoms with Gasteiger partial charge >= 0.3 is 5.97 Å². The minimum Gasteiger partial charge on any atom is -0.497 e. The van der Waals surface area contributed by atoms with E-state index >= 15 is 0 Å². The van der Waals surface area contributed by atoms with Crippen LogP contribution in [0.25, 0.3) is 0 Å². The van der Waals surface area contributed by atoms with E-state index in [0.717, 1.165) is 28.2 Å². The number of carbonyl (C=O) groups excluding carboxylic acids is 1. The van der Waals surface area contributed by atoms with Gasteiger partial charge in [-0.05, 0) is 48.7 Å². The highest BCUT2D eigenvalue weighted by molar-refractivity contribution is 6.01. The molecule has 0 fully saturated rings. The maximum atomic E-state index is 12.1. The third-order valence-electron chi connectivity index (χ3n) is 4.76. The average molecular weight is 397 g/mol. The first-order chi connectivity index (χ1) is 14.1. The van der Waals surface area contributed by atoms with Gasteiger partial charge in [0, 0.05) is 19.4 Å². The van der Waals surface area contributed by atoms with Crippen LogP contribution in [-0.2, 0) is 25.5 Å². The van der Waals surface area contributed by atoms with Gasteiger partial charge in [-0.15, -0.1) is 0 Å². The number of nitrogens with zero attached hydrogens (tertiary/aromatic N) is 1. The molecule has 6 nitrogen and oxygen atoms in total. The number of benzene rings is 2. The van der Waals surface area contributed by atoms with Crippen molar-refractivity contribution in [1.82, 2.24) is 0 Å². The third-order valence-corrected chi connectivity index (χ3v) is 4.76. The fraction of sp³-hybridized carbons (Fsp3) is 0.391. The maximum absolute atomic E-state index is 12.1. The summed E-state index contributed by atoms with van der Waals surface area (Å²) >= 11 is 0. The lowest BCUT2D eigenvalue weighted by atomic mass is 9.97. The van der Waals surface area contributed by atoms with Crippen molar-refractivity contribution in [3.8, 4) is 5.75 Å². The summed E-state index contributed by atoms with van der Waals surface area (Å²) in [6.07, 6.45) is 0.415. The van der Waals surface area contributed by atoms with Crippen LogP contribution in [0.5, 0.6) is 5.75 Å². The molecule has 6 heteroatoms. The van der Waals surface area contributed by atoms with E-state index in [1.54, 1.807) is 14.0 Å². The van der Waals surface area contributed by atoms with Crippen LogP contribution in [0.2, 0.25) is 0 Å². The van der Waals surface area contributed by atoms with E-state index in [1.807, 2.05) is 55.5 Å². The van der Waals surface area contributed by atoms with Crippen molar-refractivity contribution in [1.29, 1.82) is 0 Å². The van der Waals surface area contributed by atoms with Crippen LogP contribution in [-0.4, -0.2) is 38.1 Å². The Morgan fingerprint density at radius 3 is 2.66 bits per heavy atom. The van der Waals surface area contributed by atoms with Gasteiger partial charge in [-0.25, -0.2) is 4.79 Å². The average Bonchev–Trinajstić information content (AvgIpc) is 3.24. The van der Waals surface area contributed by atoms with Crippen molar-refractivity contribution >= 4 is 11.7 Å². The van der Waals surface area contributed by atoms with E-state index in [4.69, 9.17) is 19.0 Å². The van der Waals surface area contributed by atoms with Crippen LogP contribution in [0.1, 0.15) is 43.1 Å². The highest BCUT2D eigenvalue weighted by Crippen LogP contribution is 2.30. The normalized spacial score (nSPS) is 16.7. The van der Waals surface area contributed by atoms with Crippen molar-refractivity contribution in [3.05, 3.63) is 65.2 Å². The van der Waals surface area contributed by atoms with E-state index < -0.39 is 6.10 Å². The topological polar surface area (TPSA) is 66.4 Å². The summed E-state index contributed by atoms with van der Waals surface area (Å²) in [5.41, 5.74) is 3.92. The molecule has 1 aliphatic rings. The Kier molecular flexibility index (Phi) is 7.25. The fourth-order valence-electron chi connectivity index (χ4n) is 3.28. The van der Waals surface area contributed by atoms with Crippen LogP contribution in [0.15, 0.2) is 53.7 Å². The Bertz CT molecular complexity index is 847. The van der Waals surface area contributed by atoms with Gasteiger partial charge in [0.05, 0.1) is 19.4 Å². The summed E-state index contributed by atoms with van der Waals surface area (Å²) in [6, 6.07) is 15.8. The largest absolute Gasteiger partial charge is 0.497 e. The molecular weight excluding hydrogens is 370 g/mol. The molecule has 0 saturated carbocycles. The predicted octanol–water partition coefficient (Wildman–Crippen LogP) is 4.07. The second kappa shape index (κ2) is 10.1. The first-order valence-corrected chi connectivity index (χ1v) is 9.88. The van der Waals surface area contributed by atoms with Crippen molar-refractivity contribution in [2.45, 2.75) is 38.9 Å². The SMILES string of the molecule is CCOC(=O)C(Cc1cccc(C2=NOC(c3ccc(OC)cc3)C2)c1)OCC. The molecular formula is C23H27NO5. The first-order valence-electron chi connectivity index (χ1n) is 9.88. The molecule has 154 valence electrons. The Morgan fingerprint density at radius 2 is 1.97 bits per heavy atom. The smallest absolute Gasteiger partial charge is 0.335 e. The Hall–Kier alpha value is -2.86. The highest BCUT2D eigenvalue weighted by Gasteiger charge is 2.25. The molecule has 1 heterocycles. The monoisotopic (exact) mass is 397 g/mol. The Balaban J connectivity index is 1.68. The van der Waals surface area contributed by atoms with E-state index in [9.17, 15) is 4.79 Å². The van der Waals surface area contributed by atoms with Gasteiger partial charge < -0.3 is 19.0 Å². The molecule has 2 aromatic carbocycles. The summed E-state index contributed by atoms with van der Waals surface area (Å²) in [5.74, 6) is 0.479. The fourth-order valence-corrected chi connectivity index (χ4v) is 3.28. The maximum Gasteiger partial charge on any atom is 0.335 e. The van der Waals surface area contributed by atoms with Gasteiger partial charge in [0.2, 0.25) is 0 Å². The lowest BCUT2D eigenvalue weighted by molar-refractivity contribution is -0.156. The number of oxime groups is 1. The van der Waals surface area contributed by atoms with E-state index in [1.165, 1.54) is 0 Å². The zero-order valence-electron chi connectivity index (χ0n) is 17.1. The molecule has 0 aliphatic carbocycles. The summed E-state index contributed by atoms with van der Waals surface area (Å²) in [7, 11) is 1.65. The van der Waals surface area contributed by atoms with Crippen molar-refractivity contribution < 1.29 is 23.8 Å². The molecule has 0 bridgehead atoms. The highest BCUT2D eigenvalue weighted by atomic mass is 16.6. The molecule has 0 spiro atoms. The predicted molar refractivity (Wildman–Crippen MR) is 110 cm³/mol. The zero-order valence-corrected chi connectivity index (χ0v) is 17.1. The lowest BCUT2D eigenvalue weighted by Crippen LogP contribution is -2.29. The Labute approximate surface area is 171 Å². The number of rotatable bonds is 9. The molecule has 2 unspecified atom stereocenters. The lowest BCUT2D eigenvalue weighted by Gasteiger charge is -2.16. The first kappa shape index (κ1) is 20.9. The molecule has 29 heavy (non-hydrogen) atoms. The number of hydrogen-bond donors (Lipinski definition) is 0. The van der Waals surface area contributed by atoms with Crippen LogP contribution in [0.3, 0.4) is 0 Å². The minimum atomic E-state index is -0.607. The van der Waals surface area contributed by atoms with Crippen LogP contribution in [0, 0.1) is 0 Å². The quantitative estimate of drug-likeness (QED) is 0.597. The number of esters is 1. The zero-order chi connectivity index (χ0) is 20.6. The number of ether oxygens (including phenoxy) is 3. The molecule has 0 aromatic heterocycles. The summed E-state index contributed by atoms with van der Waals surface area (Å²) in [4.78, 5) is 17.8. The minimum absolute atomic E-state index is 0.115. The molecule has 2 aromatic rings. The van der Waals surface area contributed by atoms with Gasteiger partial charge in [-0.2, -0.15) is 0 Å². The molecule has 0 saturated heterocycles. The third kappa shape index (κ3) is 5.35. The molecule has 0 amide bonds. The van der Waals surface area contributed by atoms with Crippen LogP contribution < -0.4 is 4.74 Å². The summed E-state index contributed by atoms with van der Waals surface area (Å²) in [6.45, 7) is 4.45. The second-order valence-electron chi connectivity index (χ2n) is 6.71. The van der Waals surface area contributed by atoms with E-state index in [2.05, 4.69) is 5.16 Å². The van der Waals surface area contributed by atoms with E-state index in [-0.39, 0.29) is 12.1 Å². The molecule has 2 atom stereocenters. The summed E-state index contributed by atoms with van der Waals surface area (Å²) < 4.78 is 15.9.